The van der Waals surface area contributed by atoms with E-state index in [1.54, 1.807) is 6.20 Å². The van der Waals surface area contributed by atoms with Gasteiger partial charge in [0.25, 0.3) is 6.43 Å². The van der Waals surface area contributed by atoms with E-state index in [2.05, 4.69) is 5.10 Å². The van der Waals surface area contributed by atoms with Crippen LogP contribution in [0.25, 0.3) is 0 Å². The summed E-state index contributed by atoms with van der Waals surface area (Å²) < 4.78 is 72.2. The van der Waals surface area contributed by atoms with Crippen LogP contribution in [0, 0.1) is 12.0 Å². The Bertz CT molecular complexity index is 333. The molecule has 0 aliphatic carbocycles. The lowest BCUT2D eigenvalue weighted by atomic mass is 10.6. The standard InChI is InChI=1S/C6H3F6N2S/c7-3-1-13-14(2-4(8)9)5(3)15-6(10,11)12/h4H,2H2. The molecule has 1 aromatic rings. The predicted octanol–water partition coefficient (Wildman–Crippen LogP) is 2.70. The monoisotopic (exact) mass is 249 g/mol. The average Bonchev–Trinajstić information content (AvgIpc) is 2.32. The van der Waals surface area contributed by atoms with Crippen LogP contribution in [0.2, 0.25) is 0 Å². The zero-order chi connectivity index (χ0) is 11.6. The Labute approximate surface area is 84.2 Å². The van der Waals surface area contributed by atoms with E-state index in [9.17, 15) is 26.3 Å². The van der Waals surface area contributed by atoms with Gasteiger partial charge in [0, 0.05) is 11.8 Å². The molecule has 2 nitrogen and oxygen atoms in total. The third-order valence-electron chi connectivity index (χ3n) is 1.21. The minimum Gasteiger partial charge on any atom is -0.249 e. The second-order valence-corrected chi connectivity index (χ2v) is 3.41. The van der Waals surface area contributed by atoms with Gasteiger partial charge in [-0.3, -0.25) is 0 Å². The van der Waals surface area contributed by atoms with Gasteiger partial charge in [-0.25, -0.2) is 17.9 Å². The van der Waals surface area contributed by atoms with Gasteiger partial charge < -0.3 is 0 Å². The molecule has 0 aliphatic rings. The number of hydrogen-bond donors (Lipinski definition) is 0. The first-order chi connectivity index (χ1) is 6.79. The molecular formula is C6H3F6N2S. The van der Waals surface area contributed by atoms with Crippen molar-refractivity contribution in [3.63, 3.8) is 0 Å². The molecule has 1 aromatic heterocycles. The van der Waals surface area contributed by atoms with Crippen LogP contribution in [0.4, 0.5) is 26.3 Å². The molecule has 0 N–H and O–H groups in total. The van der Waals surface area contributed by atoms with Crippen molar-refractivity contribution in [2.75, 3.05) is 0 Å². The Hall–Kier alpha value is -0.860. The molecule has 0 saturated carbocycles. The summed E-state index contributed by atoms with van der Waals surface area (Å²) in [5.74, 6) is -1.39. The fourth-order valence-corrected chi connectivity index (χ4v) is 1.35. The van der Waals surface area contributed by atoms with Gasteiger partial charge in [0.05, 0.1) is 0 Å². The predicted molar refractivity (Wildman–Crippen MR) is 38.9 cm³/mol. The summed E-state index contributed by atoms with van der Waals surface area (Å²) in [7, 11) is 0. The lowest BCUT2D eigenvalue weighted by Crippen LogP contribution is -2.11. The molecule has 0 unspecified atom stereocenters. The summed E-state index contributed by atoms with van der Waals surface area (Å²) in [5, 5.41) is 1.94. The van der Waals surface area contributed by atoms with E-state index in [1.165, 1.54) is 0 Å². The maximum atomic E-state index is 12.7. The topological polar surface area (TPSA) is 17.8 Å². The van der Waals surface area contributed by atoms with Crippen molar-refractivity contribution < 1.29 is 26.3 Å². The summed E-state index contributed by atoms with van der Waals surface area (Å²) in [6.07, 6.45) is -1.35. The third kappa shape index (κ3) is 3.65. The smallest absolute Gasteiger partial charge is 0.249 e. The Kier molecular flexibility index (Phi) is 3.53. The Morgan fingerprint density at radius 3 is 2.47 bits per heavy atom. The molecule has 9 heteroatoms. The summed E-state index contributed by atoms with van der Waals surface area (Å²) in [5.41, 5.74) is -4.76. The molecule has 1 rings (SSSR count). The van der Waals surface area contributed by atoms with Crippen molar-refractivity contribution in [2.45, 2.75) is 23.5 Å². The first kappa shape index (κ1) is 12.2. The molecule has 0 amide bonds. The van der Waals surface area contributed by atoms with Gasteiger partial charge in [-0.1, -0.05) is 0 Å². The van der Waals surface area contributed by atoms with Crippen LogP contribution >= 0.6 is 11.8 Å². The number of hydrogen-bond acceptors (Lipinski definition) is 2. The molecule has 0 aliphatic heterocycles. The molecular weight excluding hydrogens is 246 g/mol. The zero-order valence-corrected chi connectivity index (χ0v) is 7.67. The van der Waals surface area contributed by atoms with Crippen LogP contribution < -0.4 is 0 Å². The Morgan fingerprint density at radius 2 is 2.00 bits per heavy atom. The fourth-order valence-electron chi connectivity index (χ4n) is 0.772. The summed E-state index contributed by atoms with van der Waals surface area (Å²) in [6, 6.07) is 0. The average molecular weight is 249 g/mol. The van der Waals surface area contributed by atoms with Crippen LogP contribution in [0.15, 0.2) is 5.03 Å². The third-order valence-corrected chi connectivity index (χ3v) is 2.03. The highest BCUT2D eigenvalue weighted by atomic mass is 32.2. The van der Waals surface area contributed by atoms with Gasteiger partial charge in [-0.05, 0) is 0 Å². The van der Waals surface area contributed by atoms with Crippen molar-refractivity contribution in [1.29, 1.82) is 0 Å². The quantitative estimate of drug-likeness (QED) is 0.605. The second kappa shape index (κ2) is 4.33. The maximum Gasteiger partial charge on any atom is 0.447 e. The van der Waals surface area contributed by atoms with E-state index in [0.717, 1.165) is 0 Å². The van der Waals surface area contributed by atoms with Gasteiger partial charge in [0.1, 0.15) is 11.6 Å². The highest BCUT2D eigenvalue weighted by Gasteiger charge is 2.33. The number of rotatable bonds is 3. The number of alkyl halides is 5. The number of nitrogens with zero attached hydrogens (tertiary/aromatic N) is 2. The molecule has 0 spiro atoms. The molecule has 0 fully saturated rings. The van der Waals surface area contributed by atoms with Gasteiger partial charge >= 0.3 is 5.51 Å². The molecule has 85 valence electrons. The van der Waals surface area contributed by atoms with Crippen molar-refractivity contribution in [1.82, 2.24) is 9.78 Å². The number of aromatic nitrogens is 2. The summed E-state index contributed by atoms with van der Waals surface area (Å²) in [6.45, 7) is -1.10. The lowest BCUT2D eigenvalue weighted by Gasteiger charge is -2.08. The zero-order valence-electron chi connectivity index (χ0n) is 6.85. The normalized spacial score (nSPS) is 12.5. The van der Waals surface area contributed by atoms with Crippen LogP contribution in [-0.2, 0) is 6.54 Å². The summed E-state index contributed by atoms with van der Waals surface area (Å²) in [4.78, 5) is 0. The van der Waals surface area contributed by atoms with Gasteiger partial charge in [0.15, 0.2) is 12.0 Å². The van der Waals surface area contributed by atoms with E-state index in [1.807, 2.05) is 0 Å². The first-order valence-corrected chi connectivity index (χ1v) is 4.29. The van der Waals surface area contributed by atoms with Crippen molar-refractivity contribution in [2.24, 2.45) is 0 Å². The van der Waals surface area contributed by atoms with Crippen molar-refractivity contribution in [3.05, 3.63) is 12.0 Å². The van der Waals surface area contributed by atoms with E-state index in [0.29, 0.717) is 0 Å². The minimum absolute atomic E-state index is 0.234. The molecule has 0 aromatic carbocycles. The minimum atomic E-state index is -4.76. The number of halogens is 6. The van der Waals surface area contributed by atoms with E-state index in [4.69, 9.17) is 0 Å². The largest absolute Gasteiger partial charge is 0.447 e. The van der Waals surface area contributed by atoms with Crippen LogP contribution in [0.1, 0.15) is 0 Å². The van der Waals surface area contributed by atoms with Crippen LogP contribution in [0.5, 0.6) is 0 Å². The van der Waals surface area contributed by atoms with Gasteiger partial charge in [-0.2, -0.15) is 18.3 Å². The highest BCUT2D eigenvalue weighted by Crippen LogP contribution is 2.37. The first-order valence-electron chi connectivity index (χ1n) is 3.47. The molecule has 0 atom stereocenters. The van der Waals surface area contributed by atoms with Crippen molar-refractivity contribution in [3.8, 4) is 0 Å². The molecule has 1 heterocycles. The maximum absolute atomic E-state index is 12.7. The number of thioether (sulfide) groups is 1. The fraction of sp³-hybridized carbons (Fsp3) is 0.500. The SMILES string of the molecule is Fc1[c]nn(CC(F)F)c1SC(F)(F)F. The lowest BCUT2D eigenvalue weighted by molar-refractivity contribution is -0.0333. The highest BCUT2D eigenvalue weighted by molar-refractivity contribution is 8.00. The molecule has 0 saturated heterocycles. The van der Waals surface area contributed by atoms with Gasteiger partial charge in [-0.15, -0.1) is 0 Å². The molecule has 1 radical (unpaired) electrons. The van der Waals surface area contributed by atoms with E-state index >= 15 is 0 Å². The second-order valence-electron chi connectivity index (χ2n) is 2.35. The molecule has 0 bridgehead atoms. The van der Waals surface area contributed by atoms with Crippen molar-refractivity contribution >= 4 is 11.8 Å². The van der Waals surface area contributed by atoms with Crippen LogP contribution in [0.3, 0.4) is 0 Å². The molecule has 15 heavy (non-hydrogen) atoms. The van der Waals surface area contributed by atoms with E-state index in [-0.39, 0.29) is 4.68 Å². The van der Waals surface area contributed by atoms with E-state index < -0.39 is 41.1 Å². The van der Waals surface area contributed by atoms with Crippen LogP contribution in [-0.4, -0.2) is 21.7 Å². The Morgan fingerprint density at radius 1 is 1.40 bits per heavy atom. The Balaban J connectivity index is 2.89. The van der Waals surface area contributed by atoms with Gasteiger partial charge in [0.2, 0.25) is 0 Å². The summed E-state index contributed by atoms with van der Waals surface area (Å²) >= 11 is -0.836.